The molecule has 0 radical (unpaired) electrons. The molecule has 350 valence electrons. The van der Waals surface area contributed by atoms with Gasteiger partial charge in [-0.25, -0.2) is 0 Å². The molecule has 0 aromatic heterocycles. The standard InChI is InChI=1S/C55H94O6/c1-4-7-10-13-16-19-22-24-26-27-29-31-34-37-40-43-46-49-55(58)61-52(50-59-53(56)47-44-41-38-35-32-21-18-15-12-9-6-3)51-60-54(57)48-45-42-39-36-33-30-28-25-23-20-17-14-11-8-5-2/h17,20,24-26,28-29,31,33,36-37,40,52H,4-16,18-19,21-23,27,30,32,34-35,38-39,41-51H2,1-3H3/b20-17-,26-24-,28-25-,31-29-,36-33-,40-37-/t52-/m0/s1. The van der Waals surface area contributed by atoms with Crippen LogP contribution in [0.15, 0.2) is 72.9 Å². The molecular formula is C55H94O6. The molecule has 0 rings (SSSR count). The number of carbonyl (C=O) groups excluding carboxylic acids is 3. The Morgan fingerprint density at radius 1 is 0.328 bits per heavy atom. The summed E-state index contributed by atoms with van der Waals surface area (Å²) < 4.78 is 16.7. The van der Waals surface area contributed by atoms with E-state index in [0.29, 0.717) is 19.3 Å². The molecule has 0 saturated carbocycles. The lowest BCUT2D eigenvalue weighted by atomic mass is 10.1. The summed E-state index contributed by atoms with van der Waals surface area (Å²) in [6.45, 7) is 6.51. The highest BCUT2D eigenvalue weighted by atomic mass is 16.6. The van der Waals surface area contributed by atoms with E-state index in [1.807, 2.05) is 0 Å². The number of unbranched alkanes of at least 4 members (excludes halogenated alkanes) is 22. The van der Waals surface area contributed by atoms with Gasteiger partial charge in [0.25, 0.3) is 0 Å². The van der Waals surface area contributed by atoms with Gasteiger partial charge in [-0.15, -0.1) is 0 Å². The fraction of sp³-hybridized carbons (Fsp3) is 0.727. The molecule has 1 atom stereocenters. The monoisotopic (exact) mass is 851 g/mol. The fourth-order valence-corrected chi connectivity index (χ4v) is 6.82. The minimum Gasteiger partial charge on any atom is -0.462 e. The van der Waals surface area contributed by atoms with Crippen LogP contribution in [0.1, 0.15) is 239 Å². The normalized spacial score (nSPS) is 12.6. The van der Waals surface area contributed by atoms with E-state index >= 15 is 0 Å². The highest BCUT2D eigenvalue weighted by Gasteiger charge is 2.19. The molecule has 6 heteroatoms. The molecule has 0 saturated heterocycles. The third-order valence-electron chi connectivity index (χ3n) is 10.7. The van der Waals surface area contributed by atoms with Crippen LogP contribution in [0, 0.1) is 0 Å². The summed E-state index contributed by atoms with van der Waals surface area (Å²) >= 11 is 0. The lowest BCUT2D eigenvalue weighted by Gasteiger charge is -2.18. The Bertz CT molecular complexity index is 1160. The average molecular weight is 851 g/mol. The maximum absolute atomic E-state index is 12.8. The van der Waals surface area contributed by atoms with E-state index in [-0.39, 0.29) is 37.5 Å². The molecule has 6 nitrogen and oxygen atoms in total. The van der Waals surface area contributed by atoms with Gasteiger partial charge in [-0.05, 0) is 89.9 Å². The van der Waals surface area contributed by atoms with Crippen LogP contribution in [0.3, 0.4) is 0 Å². The maximum Gasteiger partial charge on any atom is 0.306 e. The van der Waals surface area contributed by atoms with Crippen molar-refractivity contribution in [2.45, 2.75) is 245 Å². The van der Waals surface area contributed by atoms with Crippen molar-refractivity contribution >= 4 is 17.9 Å². The Morgan fingerprint density at radius 2 is 0.607 bits per heavy atom. The lowest BCUT2D eigenvalue weighted by Crippen LogP contribution is -2.30. The van der Waals surface area contributed by atoms with Crippen molar-refractivity contribution in [2.75, 3.05) is 13.2 Å². The molecule has 0 amide bonds. The van der Waals surface area contributed by atoms with Gasteiger partial charge in [-0.3, -0.25) is 14.4 Å². The molecule has 0 heterocycles. The van der Waals surface area contributed by atoms with Crippen molar-refractivity contribution in [3.05, 3.63) is 72.9 Å². The second-order valence-corrected chi connectivity index (χ2v) is 16.7. The molecule has 0 N–H and O–H groups in total. The summed E-state index contributed by atoms with van der Waals surface area (Å²) in [5, 5.41) is 0. The van der Waals surface area contributed by atoms with Crippen LogP contribution in [0.2, 0.25) is 0 Å². The van der Waals surface area contributed by atoms with Crippen LogP contribution in [0.25, 0.3) is 0 Å². The SMILES string of the molecule is CCCCC/C=C\C/C=C\C/C=C\CCCCC(=O)OC[C@H](COC(=O)CCCCCCCCCCCCC)OC(=O)CCC/C=C\C/C=C\C/C=C\CCCCCCCC. The smallest absolute Gasteiger partial charge is 0.306 e. The first-order valence-corrected chi connectivity index (χ1v) is 25.4. The average Bonchev–Trinajstić information content (AvgIpc) is 3.26. The van der Waals surface area contributed by atoms with Crippen LogP contribution in [-0.2, 0) is 28.6 Å². The first kappa shape index (κ1) is 57.9. The third-order valence-corrected chi connectivity index (χ3v) is 10.7. The molecule has 0 aliphatic rings. The van der Waals surface area contributed by atoms with E-state index in [1.165, 1.54) is 122 Å². The number of ether oxygens (including phenoxy) is 3. The van der Waals surface area contributed by atoms with Gasteiger partial charge >= 0.3 is 17.9 Å². The molecule has 0 aliphatic carbocycles. The van der Waals surface area contributed by atoms with Crippen molar-refractivity contribution in [1.82, 2.24) is 0 Å². The number of allylic oxidation sites excluding steroid dienone is 12. The van der Waals surface area contributed by atoms with Gasteiger partial charge in [-0.1, -0.05) is 203 Å². The lowest BCUT2D eigenvalue weighted by molar-refractivity contribution is -0.167. The largest absolute Gasteiger partial charge is 0.462 e. The molecule has 0 fully saturated rings. The van der Waals surface area contributed by atoms with Gasteiger partial charge in [0.05, 0.1) is 0 Å². The topological polar surface area (TPSA) is 78.9 Å². The summed E-state index contributed by atoms with van der Waals surface area (Å²) in [6, 6.07) is 0. The van der Waals surface area contributed by atoms with E-state index in [9.17, 15) is 14.4 Å². The zero-order valence-corrected chi connectivity index (χ0v) is 39.9. The summed E-state index contributed by atoms with van der Waals surface area (Å²) in [7, 11) is 0. The van der Waals surface area contributed by atoms with Gasteiger partial charge < -0.3 is 14.2 Å². The van der Waals surface area contributed by atoms with Crippen molar-refractivity contribution in [1.29, 1.82) is 0 Å². The Morgan fingerprint density at radius 3 is 1.03 bits per heavy atom. The van der Waals surface area contributed by atoms with Gasteiger partial charge in [0.1, 0.15) is 13.2 Å². The molecule has 0 aliphatic heterocycles. The van der Waals surface area contributed by atoms with Gasteiger partial charge in [0.15, 0.2) is 6.10 Å². The van der Waals surface area contributed by atoms with Crippen molar-refractivity contribution in [2.24, 2.45) is 0 Å². The summed E-state index contributed by atoms with van der Waals surface area (Å²) in [5.41, 5.74) is 0. The second-order valence-electron chi connectivity index (χ2n) is 16.7. The predicted molar refractivity (Wildman–Crippen MR) is 261 cm³/mol. The molecule has 61 heavy (non-hydrogen) atoms. The first-order chi connectivity index (χ1) is 30.0. The Hall–Kier alpha value is -3.15. The van der Waals surface area contributed by atoms with E-state index in [1.54, 1.807) is 0 Å². The number of carbonyl (C=O) groups is 3. The van der Waals surface area contributed by atoms with Crippen molar-refractivity contribution in [3.8, 4) is 0 Å². The molecule has 0 aromatic carbocycles. The van der Waals surface area contributed by atoms with Crippen molar-refractivity contribution < 1.29 is 28.6 Å². The third kappa shape index (κ3) is 47.7. The molecule has 0 bridgehead atoms. The first-order valence-electron chi connectivity index (χ1n) is 25.4. The van der Waals surface area contributed by atoms with Gasteiger partial charge in [0, 0.05) is 19.3 Å². The van der Waals surface area contributed by atoms with Gasteiger partial charge in [0.2, 0.25) is 0 Å². The molecule has 0 aromatic rings. The highest BCUT2D eigenvalue weighted by molar-refractivity contribution is 5.71. The quantitative estimate of drug-likeness (QED) is 0.0263. The zero-order valence-electron chi connectivity index (χ0n) is 39.9. The number of hydrogen-bond acceptors (Lipinski definition) is 6. The van der Waals surface area contributed by atoms with Crippen LogP contribution < -0.4 is 0 Å². The predicted octanol–water partition coefficient (Wildman–Crippen LogP) is 16.6. The Kier molecular flexibility index (Phi) is 46.9. The van der Waals surface area contributed by atoms with E-state index in [4.69, 9.17) is 14.2 Å². The molecule has 0 spiro atoms. The van der Waals surface area contributed by atoms with Crippen molar-refractivity contribution in [3.63, 3.8) is 0 Å². The minimum absolute atomic E-state index is 0.106. The number of hydrogen-bond donors (Lipinski definition) is 0. The second kappa shape index (κ2) is 49.5. The van der Waals surface area contributed by atoms with Gasteiger partial charge in [-0.2, -0.15) is 0 Å². The van der Waals surface area contributed by atoms with E-state index in [2.05, 4.69) is 93.7 Å². The minimum atomic E-state index is -0.814. The number of esters is 3. The van der Waals surface area contributed by atoms with Crippen LogP contribution in [0.4, 0.5) is 0 Å². The summed E-state index contributed by atoms with van der Waals surface area (Å²) in [6.07, 6.45) is 61.8. The van der Waals surface area contributed by atoms with Crippen LogP contribution in [0.5, 0.6) is 0 Å². The Labute approximate surface area is 376 Å². The van der Waals surface area contributed by atoms with Crippen LogP contribution >= 0.6 is 0 Å². The summed E-state index contributed by atoms with van der Waals surface area (Å²) in [5.74, 6) is -1.000. The van der Waals surface area contributed by atoms with Crippen LogP contribution in [-0.4, -0.2) is 37.2 Å². The summed E-state index contributed by atoms with van der Waals surface area (Å²) in [4.78, 5) is 37.9. The Balaban J connectivity index is 4.52. The fourth-order valence-electron chi connectivity index (χ4n) is 6.82. The zero-order chi connectivity index (χ0) is 44.4. The van der Waals surface area contributed by atoms with E-state index < -0.39 is 6.10 Å². The molecular weight excluding hydrogens is 757 g/mol. The maximum atomic E-state index is 12.8. The number of rotatable bonds is 45. The van der Waals surface area contributed by atoms with E-state index in [0.717, 1.165) is 70.6 Å². The molecule has 0 unspecified atom stereocenters. The highest BCUT2D eigenvalue weighted by Crippen LogP contribution is 2.13.